The SMILES string of the molecule is CCCCCCC[N+](CC)(CC)C(O)Cc1ccc(NS(C)(=O)=O)cc1.[Br-]. The van der Waals surface area contributed by atoms with Crippen molar-refractivity contribution in [3.63, 3.8) is 0 Å². The number of benzene rings is 1. The number of nitrogens with zero attached hydrogens (tertiary/aromatic N) is 1. The van der Waals surface area contributed by atoms with E-state index >= 15 is 0 Å². The van der Waals surface area contributed by atoms with E-state index in [9.17, 15) is 13.5 Å². The van der Waals surface area contributed by atoms with E-state index in [1.807, 2.05) is 12.1 Å². The summed E-state index contributed by atoms with van der Waals surface area (Å²) in [6, 6.07) is 7.27. The molecule has 0 fully saturated rings. The maximum absolute atomic E-state index is 11.3. The monoisotopic (exact) mass is 464 g/mol. The highest BCUT2D eigenvalue weighted by atomic mass is 79.9. The first kappa shape index (κ1) is 26.4. The maximum atomic E-state index is 11.3. The van der Waals surface area contributed by atoms with E-state index in [1.54, 1.807) is 12.1 Å². The molecular formula is C20H37BrN2O3S. The summed E-state index contributed by atoms with van der Waals surface area (Å²) >= 11 is 0. The summed E-state index contributed by atoms with van der Waals surface area (Å²) in [5.74, 6) is 0. The van der Waals surface area contributed by atoms with Crippen molar-refractivity contribution in [1.82, 2.24) is 0 Å². The number of rotatable bonds is 13. The van der Waals surface area contributed by atoms with Crippen molar-refractivity contribution >= 4 is 15.7 Å². The van der Waals surface area contributed by atoms with Gasteiger partial charge in [-0.05, 0) is 44.4 Å². The number of hydrogen-bond acceptors (Lipinski definition) is 3. The van der Waals surface area contributed by atoms with Gasteiger partial charge in [0.05, 0.1) is 32.3 Å². The fraction of sp³-hybridized carbons (Fsp3) is 0.700. The van der Waals surface area contributed by atoms with Crippen molar-refractivity contribution in [3.8, 4) is 0 Å². The molecule has 0 aliphatic heterocycles. The zero-order valence-corrected chi connectivity index (χ0v) is 19.7. The normalized spacial score (nSPS) is 13.1. The average Bonchev–Trinajstić information content (AvgIpc) is 2.59. The minimum atomic E-state index is -3.26. The van der Waals surface area contributed by atoms with Crippen molar-refractivity contribution in [3.05, 3.63) is 29.8 Å². The van der Waals surface area contributed by atoms with E-state index in [-0.39, 0.29) is 17.0 Å². The Balaban J connectivity index is 0.00000676. The van der Waals surface area contributed by atoms with Crippen LogP contribution < -0.4 is 21.7 Å². The third kappa shape index (κ3) is 9.41. The van der Waals surface area contributed by atoms with E-state index in [2.05, 4.69) is 25.5 Å². The van der Waals surface area contributed by atoms with E-state index in [0.717, 1.165) is 42.4 Å². The van der Waals surface area contributed by atoms with Gasteiger partial charge in [-0.3, -0.25) is 9.21 Å². The van der Waals surface area contributed by atoms with Gasteiger partial charge < -0.3 is 22.1 Å². The highest BCUT2D eigenvalue weighted by molar-refractivity contribution is 7.92. The summed E-state index contributed by atoms with van der Waals surface area (Å²) in [6.07, 6.45) is 7.46. The van der Waals surface area contributed by atoms with Gasteiger partial charge in [0, 0.05) is 5.69 Å². The van der Waals surface area contributed by atoms with Gasteiger partial charge in [-0.15, -0.1) is 0 Å². The van der Waals surface area contributed by atoms with Crippen molar-refractivity contribution in [2.45, 2.75) is 65.5 Å². The summed E-state index contributed by atoms with van der Waals surface area (Å²) in [5, 5.41) is 10.9. The molecule has 0 saturated heterocycles. The van der Waals surface area contributed by atoms with E-state index in [0.29, 0.717) is 12.1 Å². The number of halogens is 1. The van der Waals surface area contributed by atoms with Crippen LogP contribution in [-0.2, 0) is 16.4 Å². The van der Waals surface area contributed by atoms with Crippen LogP contribution in [0.3, 0.4) is 0 Å². The Kier molecular flexibility index (Phi) is 12.5. The quantitative estimate of drug-likeness (QED) is 0.257. The summed E-state index contributed by atoms with van der Waals surface area (Å²) in [7, 11) is -3.26. The van der Waals surface area contributed by atoms with Crippen LogP contribution in [0.5, 0.6) is 0 Å². The number of nitrogens with one attached hydrogen (secondary N) is 1. The fourth-order valence-electron chi connectivity index (χ4n) is 3.47. The molecule has 0 aliphatic rings. The molecule has 0 amide bonds. The fourth-order valence-corrected chi connectivity index (χ4v) is 4.03. The molecule has 0 heterocycles. The lowest BCUT2D eigenvalue weighted by Crippen LogP contribution is -3.00. The van der Waals surface area contributed by atoms with Crippen molar-refractivity contribution < 1.29 is 35.0 Å². The highest BCUT2D eigenvalue weighted by Crippen LogP contribution is 2.20. The predicted octanol–water partition coefficient (Wildman–Crippen LogP) is 0.750. The van der Waals surface area contributed by atoms with Gasteiger partial charge >= 0.3 is 0 Å². The van der Waals surface area contributed by atoms with Gasteiger partial charge in [0.15, 0.2) is 6.23 Å². The Morgan fingerprint density at radius 1 is 1.00 bits per heavy atom. The molecule has 1 rings (SSSR count). The minimum Gasteiger partial charge on any atom is -1.00 e. The molecule has 0 aliphatic carbocycles. The largest absolute Gasteiger partial charge is 1.00 e. The Morgan fingerprint density at radius 2 is 1.56 bits per heavy atom. The zero-order chi connectivity index (χ0) is 19.6. The number of likely N-dealkylation sites (N-methyl/N-ethyl adjacent to an activating group) is 1. The van der Waals surface area contributed by atoms with Crippen LogP contribution in [-0.4, -0.2) is 50.1 Å². The molecule has 7 heteroatoms. The summed E-state index contributed by atoms with van der Waals surface area (Å²) < 4.78 is 25.8. The first-order valence-corrected chi connectivity index (χ1v) is 11.8. The van der Waals surface area contributed by atoms with Gasteiger partial charge in [-0.25, -0.2) is 8.42 Å². The smallest absolute Gasteiger partial charge is 0.229 e. The van der Waals surface area contributed by atoms with Crippen molar-refractivity contribution in [2.24, 2.45) is 0 Å². The van der Waals surface area contributed by atoms with Crippen LogP contribution in [0.1, 0.15) is 58.4 Å². The van der Waals surface area contributed by atoms with E-state index in [4.69, 9.17) is 0 Å². The molecule has 1 unspecified atom stereocenters. The lowest BCUT2D eigenvalue weighted by atomic mass is 10.1. The van der Waals surface area contributed by atoms with E-state index in [1.165, 1.54) is 25.7 Å². The number of aliphatic hydroxyl groups excluding tert-OH is 1. The summed E-state index contributed by atoms with van der Waals surface area (Å²) in [6.45, 7) is 9.36. The Bertz CT molecular complexity index is 617. The van der Waals surface area contributed by atoms with Crippen LogP contribution in [0.15, 0.2) is 24.3 Å². The molecular weight excluding hydrogens is 428 g/mol. The lowest BCUT2D eigenvalue weighted by Gasteiger charge is -2.41. The van der Waals surface area contributed by atoms with Crippen LogP contribution >= 0.6 is 0 Å². The first-order valence-electron chi connectivity index (χ1n) is 9.87. The van der Waals surface area contributed by atoms with Crippen molar-refractivity contribution in [2.75, 3.05) is 30.6 Å². The number of anilines is 1. The third-order valence-electron chi connectivity index (χ3n) is 5.27. The molecule has 1 aromatic rings. The molecule has 0 saturated carbocycles. The predicted molar refractivity (Wildman–Crippen MR) is 110 cm³/mol. The Morgan fingerprint density at radius 3 is 2.04 bits per heavy atom. The topological polar surface area (TPSA) is 66.4 Å². The molecule has 0 bridgehead atoms. The Hall–Kier alpha value is -0.630. The minimum absolute atomic E-state index is 0. The first-order chi connectivity index (χ1) is 12.3. The average molecular weight is 465 g/mol. The third-order valence-corrected chi connectivity index (χ3v) is 5.88. The standard InChI is InChI=1S/C20H37N2O3S.BrH/c1-5-8-9-10-11-16-22(6-2,7-3)20(23)17-18-12-14-19(15-13-18)21-26(4,24)25;/h12-15,20-21,23H,5-11,16-17H2,1-4H3;1H/q+1;/p-1. The Labute approximate surface area is 176 Å². The number of hydrogen-bond donors (Lipinski definition) is 2. The van der Waals surface area contributed by atoms with Crippen molar-refractivity contribution in [1.29, 1.82) is 0 Å². The summed E-state index contributed by atoms with van der Waals surface area (Å²) in [5.41, 5.74) is 1.57. The van der Waals surface area contributed by atoms with Gasteiger partial charge in [0.25, 0.3) is 0 Å². The number of quaternary nitrogens is 1. The molecule has 27 heavy (non-hydrogen) atoms. The molecule has 0 spiro atoms. The second-order valence-corrected chi connectivity index (χ2v) is 8.99. The van der Waals surface area contributed by atoms with Crippen LogP contribution in [0.25, 0.3) is 0 Å². The highest BCUT2D eigenvalue weighted by Gasteiger charge is 2.31. The van der Waals surface area contributed by atoms with Gasteiger partial charge in [-0.1, -0.05) is 38.3 Å². The van der Waals surface area contributed by atoms with Crippen LogP contribution in [0, 0.1) is 0 Å². The molecule has 158 valence electrons. The number of sulfonamides is 1. The molecule has 1 aromatic carbocycles. The molecule has 5 nitrogen and oxygen atoms in total. The zero-order valence-electron chi connectivity index (χ0n) is 17.2. The number of aliphatic hydroxyl groups is 1. The maximum Gasteiger partial charge on any atom is 0.229 e. The molecule has 0 radical (unpaired) electrons. The molecule has 2 N–H and O–H groups in total. The second kappa shape index (κ2) is 12.8. The van der Waals surface area contributed by atoms with Crippen LogP contribution in [0.4, 0.5) is 5.69 Å². The second-order valence-electron chi connectivity index (χ2n) is 7.24. The number of unbranched alkanes of at least 4 members (excludes halogenated alkanes) is 4. The van der Waals surface area contributed by atoms with Gasteiger partial charge in [0.1, 0.15) is 0 Å². The van der Waals surface area contributed by atoms with E-state index < -0.39 is 16.3 Å². The van der Waals surface area contributed by atoms with Crippen LogP contribution in [0.2, 0.25) is 0 Å². The lowest BCUT2D eigenvalue weighted by molar-refractivity contribution is -0.968. The van der Waals surface area contributed by atoms with Gasteiger partial charge in [0.2, 0.25) is 10.0 Å². The van der Waals surface area contributed by atoms with Gasteiger partial charge in [-0.2, -0.15) is 0 Å². The molecule has 1 atom stereocenters. The molecule has 0 aromatic heterocycles. The summed E-state index contributed by atoms with van der Waals surface area (Å²) in [4.78, 5) is 0.